The molecule has 5 aromatic carbocycles. The number of Topliss-reactive ketones (excluding diaryl/α,β-unsaturated/α-hetero) is 1. The number of hydrogen-bond acceptors (Lipinski definition) is 20. The number of nitrogens with zero attached hydrogens (tertiary/aromatic N) is 6. The van der Waals surface area contributed by atoms with Gasteiger partial charge >= 0.3 is 24.2 Å². The number of non-ortho nitro benzene ring substituents is 2. The SMILES string of the molecule is CCOC(=O)C1=NNC(CC)=CC(c2ccc(Cl)cc2)C1.CCOC(=O)C1=NNC(CC)=CC(c2ccc([N+](=O)[O-])cc2)C1.O=C1Cc2ccccc2N=C1CC(Cc1nc2ccccc2[nH]c1=O)c1ccc([N+](=O)[O-])cc1.O=C=O.O=C=O. The van der Waals surface area contributed by atoms with Crippen LogP contribution in [-0.2, 0) is 55.9 Å². The van der Waals surface area contributed by atoms with Crippen molar-refractivity contribution in [3.8, 4) is 0 Å². The van der Waals surface area contributed by atoms with Crippen LogP contribution >= 0.6 is 11.6 Å². The number of aromatic amines is 1. The van der Waals surface area contributed by atoms with Crippen LogP contribution in [0.25, 0.3) is 11.0 Å². The third kappa shape index (κ3) is 18.9. The van der Waals surface area contributed by atoms with E-state index < -0.39 is 15.8 Å². The highest BCUT2D eigenvalue weighted by Crippen LogP contribution is 2.32. The minimum absolute atomic E-state index is 0.0239. The van der Waals surface area contributed by atoms with E-state index in [1.165, 1.54) is 24.3 Å². The summed E-state index contributed by atoms with van der Waals surface area (Å²) in [6.07, 6.45) is 7.88. The predicted molar refractivity (Wildman–Crippen MR) is 309 cm³/mol. The summed E-state index contributed by atoms with van der Waals surface area (Å²) in [4.78, 5) is 115. The molecule has 6 aromatic rings. The van der Waals surface area contributed by atoms with Gasteiger partial charge in [-0.1, -0.05) is 104 Å². The number of para-hydroxylation sites is 3. The number of nitro groups is 2. The van der Waals surface area contributed by atoms with Gasteiger partial charge < -0.3 is 14.5 Å². The Bertz CT molecular complexity index is 3590. The number of halogens is 1. The molecule has 4 heterocycles. The average Bonchev–Trinajstić information content (AvgIpc) is 3.96. The lowest BCUT2D eigenvalue weighted by Gasteiger charge is -2.20. The fourth-order valence-corrected chi connectivity index (χ4v) is 8.91. The Morgan fingerprint density at radius 2 is 1.14 bits per heavy atom. The third-order valence-corrected chi connectivity index (χ3v) is 13.2. The number of ether oxygens (including phenoxy) is 2. The average molecular weight is 1160 g/mol. The zero-order valence-corrected chi connectivity index (χ0v) is 46.8. The highest BCUT2D eigenvalue weighted by Gasteiger charge is 2.27. The molecule has 3 N–H and O–H groups in total. The summed E-state index contributed by atoms with van der Waals surface area (Å²) in [5.74, 6) is -1.21. The monoisotopic (exact) mass is 1160 g/mol. The van der Waals surface area contributed by atoms with Crippen molar-refractivity contribution in [3.63, 3.8) is 0 Å². The normalized spacial score (nSPS) is 15.1. The van der Waals surface area contributed by atoms with E-state index in [-0.39, 0.29) is 78.2 Å². The number of hydrogen-bond donors (Lipinski definition) is 3. The lowest BCUT2D eigenvalue weighted by Crippen LogP contribution is -2.25. The van der Waals surface area contributed by atoms with Gasteiger partial charge in [-0.25, -0.2) is 19.6 Å². The highest BCUT2D eigenvalue weighted by atomic mass is 35.5. The van der Waals surface area contributed by atoms with E-state index in [1.807, 2.05) is 86.7 Å². The zero-order chi connectivity index (χ0) is 61.1. The molecule has 24 heteroatoms. The fourth-order valence-electron chi connectivity index (χ4n) is 8.79. The molecule has 23 nitrogen and oxygen atoms in total. The summed E-state index contributed by atoms with van der Waals surface area (Å²) >= 11 is 5.93. The molecule has 84 heavy (non-hydrogen) atoms. The number of esters is 2. The molecule has 0 spiro atoms. The number of allylic oxidation sites excluding steroid dienone is 4. The highest BCUT2D eigenvalue weighted by molar-refractivity contribution is 6.42. The third-order valence-electron chi connectivity index (χ3n) is 13.0. The fraction of sp³-hybridized carbons (Fsp3) is 0.267. The summed E-state index contributed by atoms with van der Waals surface area (Å²) in [6, 6.07) is 35.0. The number of fused-ring (bicyclic) bond motifs is 2. The van der Waals surface area contributed by atoms with Gasteiger partial charge in [0, 0.05) is 84.6 Å². The van der Waals surface area contributed by atoms with Gasteiger partial charge in [-0.05, 0) is 85.2 Å². The number of nitro benzene ring substituents is 2. The number of benzene rings is 5. The Hall–Kier alpha value is -10.2. The van der Waals surface area contributed by atoms with Crippen molar-refractivity contribution < 1.29 is 52.9 Å². The second kappa shape index (κ2) is 32.9. The minimum atomic E-state index is -0.458. The van der Waals surface area contributed by atoms with Crippen molar-refractivity contribution in [2.45, 2.75) is 90.4 Å². The number of carbonyl (C=O) groups excluding carboxylic acids is 7. The molecule has 0 saturated carbocycles. The Labute approximate surface area is 485 Å². The van der Waals surface area contributed by atoms with E-state index in [0.717, 1.165) is 52.2 Å². The van der Waals surface area contributed by atoms with Crippen LogP contribution in [0.1, 0.15) is 106 Å². The molecule has 3 aliphatic heterocycles. The van der Waals surface area contributed by atoms with Crippen LogP contribution in [0.3, 0.4) is 0 Å². The van der Waals surface area contributed by atoms with Gasteiger partial charge in [0.2, 0.25) is 0 Å². The van der Waals surface area contributed by atoms with E-state index in [2.05, 4.69) is 42.1 Å². The minimum Gasteiger partial charge on any atom is -0.461 e. The number of aliphatic imine (C=N–C) groups is 1. The van der Waals surface area contributed by atoms with Crippen LogP contribution < -0.4 is 16.4 Å². The number of H-pyrrole nitrogens is 1. The Kier molecular flexibility index (Phi) is 25.3. The number of hydrazone groups is 2. The lowest BCUT2D eigenvalue weighted by molar-refractivity contribution is -0.385. The standard InChI is InChI=1S/C26H20N4O4.C16H19ClN2O2.C16H19N3O4.2CO2/c31-25-15-17-5-1-2-6-20(17)27-23(25)13-18(16-9-11-19(12-10-16)30(33)34)14-24-26(32)29-22-8-4-3-7-21(22)28-24;1-3-14-9-12(11-5-7-13(17)8-6-11)10-15(19-18-14)16(20)21-4-2;1-3-13-9-12(10-15(18-17-13)16(20)23-4-2)11-5-7-14(8-6-11)19(21)22;2*2-1-3/h1-12,18H,13-15H2,(H,29,32);5-9,12,18H,3-4,10H2,1-2H3;5-9,12,17H,3-4,10H2,1-2H3;;. The Morgan fingerprint density at radius 3 is 1.64 bits per heavy atom. The molecule has 3 aliphatic rings. The summed E-state index contributed by atoms with van der Waals surface area (Å²) in [6.45, 7) is 8.19. The molecule has 0 aliphatic carbocycles. The topological polar surface area (TPSA) is 331 Å². The smallest absolute Gasteiger partial charge is 0.373 e. The van der Waals surface area contributed by atoms with Crippen molar-refractivity contribution >= 4 is 86.9 Å². The molecule has 434 valence electrons. The van der Waals surface area contributed by atoms with Gasteiger partial charge in [0.05, 0.1) is 45.5 Å². The molecular weight excluding hydrogens is 1110 g/mol. The van der Waals surface area contributed by atoms with Gasteiger partial charge in [-0.3, -0.25) is 40.7 Å². The molecule has 1 aromatic heterocycles. The number of ketones is 1. The first-order valence-corrected chi connectivity index (χ1v) is 26.7. The molecule has 9 rings (SSSR count). The molecule has 3 unspecified atom stereocenters. The summed E-state index contributed by atoms with van der Waals surface area (Å²) < 4.78 is 10.1. The quantitative estimate of drug-likeness (QED) is 0.0489. The molecule has 3 atom stereocenters. The zero-order valence-electron chi connectivity index (χ0n) is 46.1. The number of rotatable bonds is 15. The maximum absolute atomic E-state index is 12.9. The van der Waals surface area contributed by atoms with Gasteiger partial charge in [0.15, 0.2) is 5.78 Å². The van der Waals surface area contributed by atoms with Gasteiger partial charge in [-0.2, -0.15) is 29.4 Å². The van der Waals surface area contributed by atoms with Gasteiger partial charge in [-0.15, -0.1) is 0 Å². The summed E-state index contributed by atoms with van der Waals surface area (Å²) in [5, 5.41) is 30.9. The summed E-state index contributed by atoms with van der Waals surface area (Å²) in [7, 11) is 0. The Balaban J connectivity index is 0.000000228. The van der Waals surface area contributed by atoms with Crippen molar-refractivity contribution in [2.24, 2.45) is 15.2 Å². The molecule has 0 radical (unpaired) electrons. The molecule has 0 amide bonds. The van der Waals surface area contributed by atoms with E-state index in [9.17, 15) is 39.4 Å². The van der Waals surface area contributed by atoms with E-state index in [4.69, 9.17) is 40.3 Å². The van der Waals surface area contributed by atoms with Crippen LogP contribution in [0.5, 0.6) is 0 Å². The maximum Gasteiger partial charge on any atom is 0.373 e. The summed E-state index contributed by atoms with van der Waals surface area (Å²) in [5.41, 5.74) is 14.7. The molecule has 0 bridgehead atoms. The maximum atomic E-state index is 12.9. The van der Waals surface area contributed by atoms with Crippen LogP contribution in [0.15, 0.2) is 165 Å². The van der Waals surface area contributed by atoms with Crippen molar-refractivity contribution in [2.75, 3.05) is 13.2 Å². The molecular formula is C60H58ClN9O14. The van der Waals surface area contributed by atoms with E-state index in [1.54, 1.807) is 44.2 Å². The predicted octanol–water partition coefficient (Wildman–Crippen LogP) is 9.79. The Morgan fingerprint density at radius 1 is 0.667 bits per heavy atom. The van der Waals surface area contributed by atoms with Crippen LogP contribution in [-0.4, -0.2) is 80.2 Å². The molecule has 0 saturated heterocycles. The second-order valence-corrected chi connectivity index (χ2v) is 18.8. The first-order valence-electron chi connectivity index (χ1n) is 26.3. The van der Waals surface area contributed by atoms with Crippen molar-refractivity contribution in [1.82, 2.24) is 20.8 Å². The first-order chi connectivity index (χ1) is 40.5. The van der Waals surface area contributed by atoms with Crippen molar-refractivity contribution in [3.05, 3.63) is 208 Å². The first kappa shape index (κ1) is 64.6. The second-order valence-electron chi connectivity index (χ2n) is 18.3. The lowest BCUT2D eigenvalue weighted by atomic mass is 9.86. The van der Waals surface area contributed by atoms with Crippen molar-refractivity contribution in [1.29, 1.82) is 0 Å². The van der Waals surface area contributed by atoms with E-state index in [0.29, 0.717) is 64.8 Å². The van der Waals surface area contributed by atoms with Crippen LogP contribution in [0, 0.1) is 20.2 Å². The van der Waals surface area contributed by atoms with Crippen LogP contribution in [0.4, 0.5) is 17.1 Å². The van der Waals surface area contributed by atoms with Crippen LogP contribution in [0.2, 0.25) is 5.02 Å². The van der Waals surface area contributed by atoms with Gasteiger partial charge in [0.1, 0.15) is 17.1 Å². The largest absolute Gasteiger partial charge is 0.461 e. The van der Waals surface area contributed by atoms with E-state index >= 15 is 0 Å². The number of aromatic nitrogens is 2. The number of nitrogens with one attached hydrogen (secondary N) is 3. The molecule has 0 fully saturated rings. The van der Waals surface area contributed by atoms with Gasteiger partial charge in [0.25, 0.3) is 16.9 Å². The number of carbonyl (C=O) groups is 3.